The second-order valence-corrected chi connectivity index (χ2v) is 9.94. The largest absolute Gasteiger partial charge is 0.339 e. The molecule has 8 heteroatoms. The van der Waals surface area contributed by atoms with Gasteiger partial charge in [0.2, 0.25) is 5.91 Å². The molecule has 27 heavy (non-hydrogen) atoms. The fourth-order valence-electron chi connectivity index (χ4n) is 3.73. The Labute approximate surface area is 159 Å². The molecule has 1 aromatic carbocycles. The smallest absolute Gasteiger partial charge is 0.242 e. The summed E-state index contributed by atoms with van der Waals surface area (Å²) >= 11 is 0. The van der Waals surface area contributed by atoms with E-state index in [-0.39, 0.29) is 18.2 Å². The van der Waals surface area contributed by atoms with Crippen molar-refractivity contribution in [2.75, 3.05) is 39.0 Å². The molecule has 0 spiro atoms. The first-order valence-electron chi connectivity index (χ1n) is 9.51. The second kappa shape index (κ2) is 7.24. The van der Waals surface area contributed by atoms with Crippen LogP contribution >= 0.6 is 0 Å². The molecule has 1 aliphatic carbocycles. The molecule has 146 valence electrons. The van der Waals surface area contributed by atoms with E-state index in [2.05, 4.69) is 9.88 Å². The number of imidazole rings is 1. The molecule has 0 unspecified atom stereocenters. The molecule has 0 radical (unpaired) electrons. The Morgan fingerprint density at radius 2 is 1.85 bits per heavy atom. The van der Waals surface area contributed by atoms with Crippen molar-refractivity contribution in [1.82, 2.24) is 19.4 Å². The number of aromatic nitrogens is 2. The summed E-state index contributed by atoms with van der Waals surface area (Å²) in [5.41, 5.74) is 1.52. The monoisotopic (exact) mass is 390 g/mol. The van der Waals surface area contributed by atoms with Gasteiger partial charge in [-0.2, -0.15) is 0 Å². The SMILES string of the molecule is CS(=O)(=O)Cc1nc2ccccc2n1CC(=O)N1CCN(CC2CC2)CC1. The van der Waals surface area contributed by atoms with Crippen LogP contribution in [0.3, 0.4) is 0 Å². The fourth-order valence-corrected chi connectivity index (χ4v) is 4.42. The molecule has 7 nitrogen and oxygen atoms in total. The molecule has 1 saturated carbocycles. The van der Waals surface area contributed by atoms with Gasteiger partial charge in [-0.3, -0.25) is 9.69 Å². The molecule has 2 heterocycles. The van der Waals surface area contributed by atoms with Crippen LogP contribution in [-0.4, -0.2) is 72.7 Å². The van der Waals surface area contributed by atoms with E-state index in [0.29, 0.717) is 5.82 Å². The number of nitrogens with zero attached hydrogens (tertiary/aromatic N) is 4. The lowest BCUT2D eigenvalue weighted by atomic mass is 10.2. The quantitative estimate of drug-likeness (QED) is 0.739. The minimum atomic E-state index is -3.24. The summed E-state index contributed by atoms with van der Waals surface area (Å²) in [5.74, 6) is 1.16. The number of fused-ring (bicyclic) bond motifs is 1. The van der Waals surface area contributed by atoms with Gasteiger partial charge in [0.05, 0.1) is 11.0 Å². The van der Waals surface area contributed by atoms with Gasteiger partial charge in [0.25, 0.3) is 0 Å². The van der Waals surface area contributed by atoms with Crippen LogP contribution in [-0.2, 0) is 26.9 Å². The van der Waals surface area contributed by atoms with Gasteiger partial charge >= 0.3 is 0 Å². The van der Waals surface area contributed by atoms with Crippen LogP contribution in [0.4, 0.5) is 0 Å². The topological polar surface area (TPSA) is 75.5 Å². The number of rotatable bonds is 6. The average molecular weight is 391 g/mol. The predicted molar refractivity (Wildman–Crippen MR) is 104 cm³/mol. The number of carbonyl (C=O) groups is 1. The van der Waals surface area contributed by atoms with Gasteiger partial charge < -0.3 is 9.47 Å². The highest BCUT2D eigenvalue weighted by atomic mass is 32.2. The number of carbonyl (C=O) groups excluding carboxylic acids is 1. The Balaban J connectivity index is 1.48. The second-order valence-electron chi connectivity index (χ2n) is 7.80. The number of para-hydroxylation sites is 2. The predicted octanol–water partition coefficient (Wildman–Crippen LogP) is 1.14. The van der Waals surface area contributed by atoms with E-state index in [0.717, 1.165) is 49.7 Å². The molecule has 0 bridgehead atoms. The van der Waals surface area contributed by atoms with Crippen LogP contribution in [0.25, 0.3) is 11.0 Å². The Hall–Kier alpha value is -1.93. The molecule has 1 saturated heterocycles. The Morgan fingerprint density at radius 3 is 2.52 bits per heavy atom. The number of hydrogen-bond donors (Lipinski definition) is 0. The van der Waals surface area contributed by atoms with Crippen LogP contribution in [0.15, 0.2) is 24.3 Å². The van der Waals surface area contributed by atoms with Crippen LogP contribution in [0.1, 0.15) is 18.7 Å². The number of piperazine rings is 1. The highest BCUT2D eigenvalue weighted by molar-refractivity contribution is 7.89. The summed E-state index contributed by atoms with van der Waals surface area (Å²) < 4.78 is 25.3. The zero-order valence-corrected chi connectivity index (χ0v) is 16.5. The van der Waals surface area contributed by atoms with Crippen LogP contribution < -0.4 is 0 Å². The van der Waals surface area contributed by atoms with Gasteiger partial charge in [0.1, 0.15) is 18.1 Å². The normalized spacial score (nSPS) is 18.9. The third-order valence-corrected chi connectivity index (χ3v) is 6.14. The van der Waals surface area contributed by atoms with Gasteiger partial charge in [0.15, 0.2) is 9.84 Å². The molecule has 1 aromatic heterocycles. The zero-order chi connectivity index (χ0) is 19.0. The highest BCUT2D eigenvalue weighted by Crippen LogP contribution is 2.30. The van der Waals surface area contributed by atoms with E-state index in [1.54, 1.807) is 4.57 Å². The van der Waals surface area contributed by atoms with E-state index in [1.165, 1.54) is 19.1 Å². The maximum absolute atomic E-state index is 12.9. The number of sulfone groups is 1. The average Bonchev–Trinajstić information content (AvgIpc) is 3.37. The summed E-state index contributed by atoms with van der Waals surface area (Å²) in [7, 11) is -3.24. The molecule has 2 aliphatic rings. The lowest BCUT2D eigenvalue weighted by Gasteiger charge is -2.35. The first kappa shape index (κ1) is 18.4. The van der Waals surface area contributed by atoms with Crippen molar-refractivity contribution in [3.05, 3.63) is 30.1 Å². The van der Waals surface area contributed by atoms with Gasteiger partial charge in [0, 0.05) is 39.0 Å². The van der Waals surface area contributed by atoms with E-state index in [4.69, 9.17) is 0 Å². The zero-order valence-electron chi connectivity index (χ0n) is 15.7. The van der Waals surface area contributed by atoms with Crippen molar-refractivity contribution in [3.63, 3.8) is 0 Å². The van der Waals surface area contributed by atoms with E-state index < -0.39 is 9.84 Å². The molecular formula is C19H26N4O3S. The summed E-state index contributed by atoms with van der Waals surface area (Å²) in [6.07, 6.45) is 3.88. The first-order chi connectivity index (χ1) is 12.9. The lowest BCUT2D eigenvalue weighted by molar-refractivity contribution is -0.133. The molecule has 0 atom stereocenters. The maximum Gasteiger partial charge on any atom is 0.242 e. The van der Waals surface area contributed by atoms with Gasteiger partial charge in [-0.05, 0) is 30.9 Å². The Morgan fingerprint density at radius 1 is 1.15 bits per heavy atom. The third-order valence-electron chi connectivity index (χ3n) is 5.36. The summed E-state index contributed by atoms with van der Waals surface area (Å²) in [4.78, 5) is 21.7. The van der Waals surface area contributed by atoms with Gasteiger partial charge in [-0.25, -0.2) is 13.4 Å². The molecule has 0 N–H and O–H groups in total. The lowest BCUT2D eigenvalue weighted by Crippen LogP contribution is -2.50. The number of hydrogen-bond acceptors (Lipinski definition) is 5. The molecule has 2 fully saturated rings. The third kappa shape index (κ3) is 4.50. The van der Waals surface area contributed by atoms with Crippen molar-refractivity contribution in [2.24, 2.45) is 5.92 Å². The summed E-state index contributed by atoms with van der Waals surface area (Å²) in [5, 5.41) is 0. The van der Waals surface area contributed by atoms with Gasteiger partial charge in [-0.15, -0.1) is 0 Å². The highest BCUT2D eigenvalue weighted by Gasteiger charge is 2.28. The minimum Gasteiger partial charge on any atom is -0.339 e. The van der Waals surface area contributed by atoms with Crippen molar-refractivity contribution in [3.8, 4) is 0 Å². The van der Waals surface area contributed by atoms with Gasteiger partial charge in [-0.1, -0.05) is 12.1 Å². The van der Waals surface area contributed by atoms with E-state index in [1.807, 2.05) is 29.2 Å². The van der Waals surface area contributed by atoms with Crippen molar-refractivity contribution >= 4 is 26.8 Å². The summed E-state index contributed by atoms with van der Waals surface area (Å²) in [6.45, 7) is 4.60. The molecule has 2 aromatic rings. The van der Waals surface area contributed by atoms with Crippen molar-refractivity contribution in [1.29, 1.82) is 0 Å². The van der Waals surface area contributed by atoms with Crippen LogP contribution in [0.5, 0.6) is 0 Å². The standard InChI is InChI=1S/C19H26N4O3S/c1-27(25,26)14-18-20-16-4-2-3-5-17(16)23(18)13-19(24)22-10-8-21(9-11-22)12-15-6-7-15/h2-5,15H,6-14H2,1H3. The van der Waals surface area contributed by atoms with E-state index in [9.17, 15) is 13.2 Å². The molecule has 4 rings (SSSR count). The van der Waals surface area contributed by atoms with Crippen molar-refractivity contribution in [2.45, 2.75) is 25.1 Å². The number of amides is 1. The number of benzene rings is 1. The Kier molecular flexibility index (Phi) is 4.94. The minimum absolute atomic E-state index is 0.0268. The van der Waals surface area contributed by atoms with Crippen LogP contribution in [0.2, 0.25) is 0 Å². The molecule has 1 amide bonds. The Bertz CT molecular complexity index is 941. The summed E-state index contributed by atoms with van der Waals surface area (Å²) in [6, 6.07) is 7.48. The van der Waals surface area contributed by atoms with Crippen LogP contribution in [0, 0.1) is 5.92 Å². The maximum atomic E-state index is 12.9. The van der Waals surface area contributed by atoms with Crippen molar-refractivity contribution < 1.29 is 13.2 Å². The fraction of sp³-hybridized carbons (Fsp3) is 0.579. The first-order valence-corrected chi connectivity index (χ1v) is 11.6. The molecule has 1 aliphatic heterocycles. The molecular weight excluding hydrogens is 364 g/mol. The van der Waals surface area contributed by atoms with E-state index >= 15 is 0 Å².